The lowest BCUT2D eigenvalue weighted by Gasteiger charge is -2.41. The van der Waals surface area contributed by atoms with Crippen LogP contribution >= 0.6 is 0 Å². The average molecular weight is 300 g/mol. The molecule has 1 aromatic rings. The van der Waals surface area contributed by atoms with Crippen molar-refractivity contribution in [3.05, 3.63) is 28.8 Å². The van der Waals surface area contributed by atoms with E-state index in [1.165, 1.54) is 37.7 Å². The quantitative estimate of drug-likeness (QED) is 0.804. The molecule has 1 heterocycles. The number of hydrogen-bond acceptors (Lipinski definition) is 1. The van der Waals surface area contributed by atoms with Crippen molar-refractivity contribution < 1.29 is 4.79 Å². The standard InChI is InChI=1S/C19H28N2O/c1-13-10-14(2)18(15(3)11-13)20-19(22)21-9-8-16-6-4-5-7-17(16)12-21/h10-11,16-17H,4-9,12H2,1-3H3,(H,20,22). The second-order valence-electron chi connectivity index (χ2n) is 7.24. The van der Waals surface area contributed by atoms with Crippen molar-refractivity contribution in [1.82, 2.24) is 4.90 Å². The van der Waals surface area contributed by atoms with Crippen LogP contribution in [0.3, 0.4) is 0 Å². The maximum Gasteiger partial charge on any atom is 0.321 e. The van der Waals surface area contributed by atoms with Crippen LogP contribution in [-0.2, 0) is 0 Å². The minimum Gasteiger partial charge on any atom is -0.324 e. The number of fused-ring (bicyclic) bond motifs is 1. The van der Waals surface area contributed by atoms with Crippen molar-refractivity contribution in [3.63, 3.8) is 0 Å². The predicted octanol–water partition coefficient (Wildman–Crippen LogP) is 4.66. The van der Waals surface area contributed by atoms with E-state index < -0.39 is 0 Å². The number of carbonyl (C=O) groups is 1. The van der Waals surface area contributed by atoms with Gasteiger partial charge in [0, 0.05) is 18.8 Å². The Balaban J connectivity index is 1.67. The van der Waals surface area contributed by atoms with Gasteiger partial charge < -0.3 is 10.2 Å². The number of benzene rings is 1. The van der Waals surface area contributed by atoms with Gasteiger partial charge in [0.1, 0.15) is 0 Å². The summed E-state index contributed by atoms with van der Waals surface area (Å²) in [7, 11) is 0. The molecule has 3 nitrogen and oxygen atoms in total. The average Bonchev–Trinajstić information content (AvgIpc) is 2.50. The molecule has 0 aromatic heterocycles. The summed E-state index contributed by atoms with van der Waals surface area (Å²) in [4.78, 5) is 14.7. The highest BCUT2D eigenvalue weighted by Crippen LogP contribution is 2.36. The number of nitrogens with one attached hydrogen (secondary N) is 1. The number of amides is 2. The molecule has 2 amide bonds. The SMILES string of the molecule is Cc1cc(C)c(NC(=O)N2CCC3CCCCC3C2)c(C)c1. The third-order valence-corrected chi connectivity index (χ3v) is 5.49. The second-order valence-corrected chi connectivity index (χ2v) is 7.24. The van der Waals surface area contributed by atoms with E-state index in [9.17, 15) is 4.79 Å². The monoisotopic (exact) mass is 300 g/mol. The van der Waals surface area contributed by atoms with E-state index in [-0.39, 0.29) is 6.03 Å². The molecule has 1 aliphatic heterocycles. The maximum absolute atomic E-state index is 12.6. The first kappa shape index (κ1) is 15.4. The molecule has 1 saturated carbocycles. The third-order valence-electron chi connectivity index (χ3n) is 5.49. The summed E-state index contributed by atoms with van der Waals surface area (Å²) in [6.07, 6.45) is 6.58. The number of nitrogens with zero attached hydrogens (tertiary/aromatic N) is 1. The van der Waals surface area contributed by atoms with Crippen LogP contribution in [-0.4, -0.2) is 24.0 Å². The Morgan fingerprint density at radius 2 is 1.68 bits per heavy atom. The van der Waals surface area contributed by atoms with Crippen LogP contribution in [0.5, 0.6) is 0 Å². The molecule has 1 aromatic carbocycles. The Morgan fingerprint density at radius 3 is 2.36 bits per heavy atom. The van der Waals surface area contributed by atoms with Gasteiger partial charge >= 0.3 is 6.03 Å². The van der Waals surface area contributed by atoms with E-state index in [1.54, 1.807) is 0 Å². The van der Waals surface area contributed by atoms with Crippen molar-refractivity contribution in [2.75, 3.05) is 18.4 Å². The molecule has 1 saturated heterocycles. The summed E-state index contributed by atoms with van der Waals surface area (Å²) < 4.78 is 0. The number of aryl methyl sites for hydroxylation is 3. The summed E-state index contributed by atoms with van der Waals surface area (Å²) >= 11 is 0. The van der Waals surface area contributed by atoms with E-state index in [1.807, 2.05) is 4.90 Å². The van der Waals surface area contributed by atoms with Gasteiger partial charge in [0.2, 0.25) is 0 Å². The second kappa shape index (κ2) is 6.31. The number of likely N-dealkylation sites (tertiary alicyclic amines) is 1. The Kier molecular flexibility index (Phi) is 4.42. The largest absolute Gasteiger partial charge is 0.324 e. The number of piperidine rings is 1. The van der Waals surface area contributed by atoms with Crippen LogP contribution in [0.25, 0.3) is 0 Å². The number of anilines is 1. The third kappa shape index (κ3) is 3.13. The maximum atomic E-state index is 12.6. The van der Waals surface area contributed by atoms with Gasteiger partial charge in [0.15, 0.2) is 0 Å². The Bertz CT molecular complexity index is 544. The Hall–Kier alpha value is -1.51. The zero-order valence-electron chi connectivity index (χ0n) is 14.1. The molecule has 0 spiro atoms. The molecule has 2 atom stereocenters. The number of urea groups is 1. The fourth-order valence-electron chi connectivity index (χ4n) is 4.35. The molecule has 0 radical (unpaired) electrons. The van der Waals surface area contributed by atoms with Crippen molar-refractivity contribution in [3.8, 4) is 0 Å². The summed E-state index contributed by atoms with van der Waals surface area (Å²) in [5, 5.41) is 3.16. The molecular weight excluding hydrogens is 272 g/mol. The van der Waals surface area contributed by atoms with E-state index >= 15 is 0 Å². The predicted molar refractivity (Wildman–Crippen MR) is 91.3 cm³/mol. The van der Waals surface area contributed by atoms with Crippen LogP contribution in [0.15, 0.2) is 12.1 Å². The first-order chi connectivity index (χ1) is 10.5. The van der Waals surface area contributed by atoms with Crippen LogP contribution in [0.2, 0.25) is 0 Å². The van der Waals surface area contributed by atoms with Crippen LogP contribution in [0, 0.1) is 32.6 Å². The lowest BCUT2D eigenvalue weighted by Crippen LogP contribution is -2.46. The molecule has 2 aliphatic rings. The molecule has 120 valence electrons. The van der Waals surface area contributed by atoms with Gasteiger partial charge in [-0.3, -0.25) is 0 Å². The van der Waals surface area contributed by atoms with Crippen LogP contribution in [0.4, 0.5) is 10.5 Å². The zero-order chi connectivity index (χ0) is 15.7. The first-order valence-corrected chi connectivity index (χ1v) is 8.68. The smallest absolute Gasteiger partial charge is 0.321 e. The van der Waals surface area contributed by atoms with E-state index in [4.69, 9.17) is 0 Å². The van der Waals surface area contributed by atoms with Crippen molar-refractivity contribution in [1.29, 1.82) is 0 Å². The van der Waals surface area contributed by atoms with Crippen LogP contribution < -0.4 is 5.32 Å². The highest BCUT2D eigenvalue weighted by molar-refractivity contribution is 5.91. The fourth-order valence-corrected chi connectivity index (χ4v) is 4.35. The highest BCUT2D eigenvalue weighted by Gasteiger charge is 2.33. The van der Waals surface area contributed by atoms with Gasteiger partial charge in [-0.1, -0.05) is 37.0 Å². The van der Waals surface area contributed by atoms with Crippen LogP contribution in [0.1, 0.15) is 48.8 Å². The molecule has 2 fully saturated rings. The lowest BCUT2D eigenvalue weighted by molar-refractivity contribution is 0.108. The molecule has 1 aliphatic carbocycles. The van der Waals surface area contributed by atoms with Gasteiger partial charge in [-0.2, -0.15) is 0 Å². The van der Waals surface area contributed by atoms with E-state index in [2.05, 4.69) is 38.2 Å². The Morgan fingerprint density at radius 1 is 1.05 bits per heavy atom. The van der Waals surface area contributed by atoms with Crippen molar-refractivity contribution in [2.24, 2.45) is 11.8 Å². The molecule has 1 N–H and O–H groups in total. The van der Waals surface area contributed by atoms with Crippen molar-refractivity contribution in [2.45, 2.75) is 52.9 Å². The van der Waals surface area contributed by atoms with E-state index in [0.29, 0.717) is 0 Å². The first-order valence-electron chi connectivity index (χ1n) is 8.68. The molecule has 3 heteroatoms. The summed E-state index contributed by atoms with van der Waals surface area (Å²) in [5.74, 6) is 1.59. The Labute approximate surface area is 134 Å². The molecule has 3 rings (SSSR count). The number of carbonyl (C=O) groups excluding carboxylic acids is 1. The topological polar surface area (TPSA) is 32.3 Å². The zero-order valence-corrected chi connectivity index (χ0v) is 14.1. The summed E-state index contributed by atoms with van der Waals surface area (Å²) in [6.45, 7) is 8.10. The fraction of sp³-hybridized carbons (Fsp3) is 0.632. The summed E-state index contributed by atoms with van der Waals surface area (Å²) in [5.41, 5.74) is 4.54. The van der Waals surface area contributed by atoms with E-state index in [0.717, 1.165) is 41.7 Å². The van der Waals surface area contributed by atoms with Gasteiger partial charge in [-0.05, 0) is 56.6 Å². The summed E-state index contributed by atoms with van der Waals surface area (Å²) in [6, 6.07) is 4.35. The minimum absolute atomic E-state index is 0.0825. The molecule has 2 unspecified atom stereocenters. The molecule has 22 heavy (non-hydrogen) atoms. The molecule has 0 bridgehead atoms. The number of rotatable bonds is 1. The normalized spacial score (nSPS) is 24.8. The minimum atomic E-state index is 0.0825. The highest BCUT2D eigenvalue weighted by atomic mass is 16.2. The lowest BCUT2D eigenvalue weighted by atomic mass is 9.75. The van der Waals surface area contributed by atoms with Gasteiger partial charge in [0.25, 0.3) is 0 Å². The van der Waals surface area contributed by atoms with Gasteiger partial charge in [0.05, 0.1) is 0 Å². The van der Waals surface area contributed by atoms with Crippen molar-refractivity contribution >= 4 is 11.7 Å². The van der Waals surface area contributed by atoms with Gasteiger partial charge in [-0.15, -0.1) is 0 Å². The molecular formula is C19H28N2O. The van der Waals surface area contributed by atoms with Gasteiger partial charge in [-0.25, -0.2) is 4.79 Å². The number of hydrogen-bond donors (Lipinski definition) is 1.